The highest BCUT2D eigenvalue weighted by Gasteiger charge is 2.21. The first-order chi connectivity index (χ1) is 3.62. The zero-order chi connectivity index (χ0) is 6.62. The van der Waals surface area contributed by atoms with Gasteiger partial charge in [0.2, 0.25) is 5.75 Å². The summed E-state index contributed by atoms with van der Waals surface area (Å²) in [6.45, 7) is 3.75. The molecule has 44 valence electrons. The number of hydrogen-bond donors (Lipinski definition) is 0. The Hall–Kier alpha value is -0.420. The van der Waals surface area contributed by atoms with E-state index in [1.807, 2.05) is 13.8 Å². The summed E-state index contributed by atoms with van der Waals surface area (Å²) in [6, 6.07) is 0. The molecule has 0 aliphatic carbocycles. The van der Waals surface area contributed by atoms with E-state index in [9.17, 15) is 4.21 Å². The molecule has 0 aliphatic heterocycles. The Labute approximate surface area is 54.0 Å². The van der Waals surface area contributed by atoms with E-state index >= 15 is 0 Å². The van der Waals surface area contributed by atoms with E-state index in [2.05, 4.69) is 5.92 Å². The Morgan fingerprint density at radius 1 is 1.75 bits per heavy atom. The quantitative estimate of drug-likeness (QED) is 0.402. The van der Waals surface area contributed by atoms with Crippen molar-refractivity contribution in [3.05, 3.63) is 0 Å². The fraction of sp³-hybridized carbons (Fsp3) is 0.667. The first-order valence-corrected chi connectivity index (χ1v) is 3.26. The summed E-state index contributed by atoms with van der Waals surface area (Å²) in [5, 5.41) is 0. The van der Waals surface area contributed by atoms with Crippen molar-refractivity contribution in [1.82, 2.24) is 0 Å². The third-order valence-electron chi connectivity index (χ3n) is 0.811. The molecule has 0 aliphatic rings. The molecular formula is C6H9OS+. The average molecular weight is 129 g/mol. The number of terminal acetylenes is 1. The van der Waals surface area contributed by atoms with Crippen LogP contribution in [0.3, 0.4) is 0 Å². The summed E-state index contributed by atoms with van der Waals surface area (Å²) in [6.07, 6.45) is 5.09. The fourth-order valence-electron chi connectivity index (χ4n) is 0.189. The maximum absolute atomic E-state index is 9.93. The van der Waals surface area contributed by atoms with Crippen molar-refractivity contribution in [2.24, 2.45) is 5.41 Å². The van der Waals surface area contributed by atoms with Gasteiger partial charge in [-0.05, 0) is 13.8 Å². The molecule has 8 heavy (non-hydrogen) atoms. The van der Waals surface area contributed by atoms with Crippen molar-refractivity contribution in [3.63, 3.8) is 0 Å². The molecule has 0 aromatic carbocycles. The lowest BCUT2D eigenvalue weighted by Crippen LogP contribution is -2.12. The van der Waals surface area contributed by atoms with Crippen LogP contribution in [0.4, 0.5) is 0 Å². The minimum atomic E-state index is -0.230. The Kier molecular flexibility index (Phi) is 2.64. The Bertz CT molecular complexity index is 121. The van der Waals surface area contributed by atoms with Crippen LogP contribution in [0.5, 0.6) is 0 Å². The zero-order valence-electron chi connectivity index (χ0n) is 5.10. The summed E-state index contributed by atoms with van der Waals surface area (Å²) >= 11 is 0.541. The lowest BCUT2D eigenvalue weighted by atomic mass is 9.98. The van der Waals surface area contributed by atoms with Crippen molar-refractivity contribution in [3.8, 4) is 12.3 Å². The monoisotopic (exact) mass is 129 g/mol. The molecule has 0 heterocycles. The van der Waals surface area contributed by atoms with Gasteiger partial charge in [0, 0.05) is 4.21 Å². The number of rotatable bonds is 2. The second kappa shape index (κ2) is 2.78. The first-order valence-electron chi connectivity index (χ1n) is 2.35. The summed E-state index contributed by atoms with van der Waals surface area (Å²) in [5.74, 6) is 3.01. The van der Waals surface area contributed by atoms with Crippen LogP contribution in [-0.2, 0) is 15.9 Å². The van der Waals surface area contributed by atoms with E-state index in [4.69, 9.17) is 6.42 Å². The molecular weight excluding hydrogens is 120 g/mol. The van der Waals surface area contributed by atoms with Crippen LogP contribution in [-0.4, -0.2) is 5.75 Å². The highest BCUT2D eigenvalue weighted by Crippen LogP contribution is 2.10. The molecule has 2 heteroatoms. The van der Waals surface area contributed by atoms with Gasteiger partial charge < -0.3 is 0 Å². The van der Waals surface area contributed by atoms with Crippen molar-refractivity contribution >= 4 is 11.7 Å². The molecule has 0 saturated carbocycles. The largest absolute Gasteiger partial charge is 0.460 e. The van der Waals surface area contributed by atoms with E-state index in [0.29, 0.717) is 17.4 Å². The Balaban J connectivity index is 3.76. The van der Waals surface area contributed by atoms with Crippen molar-refractivity contribution in [1.29, 1.82) is 0 Å². The predicted molar refractivity (Wildman–Crippen MR) is 35.5 cm³/mol. The molecule has 0 amide bonds. The maximum atomic E-state index is 9.93. The van der Waals surface area contributed by atoms with Crippen LogP contribution >= 0.6 is 0 Å². The van der Waals surface area contributed by atoms with Gasteiger partial charge in [0.25, 0.3) is 0 Å². The van der Waals surface area contributed by atoms with Gasteiger partial charge in [-0.3, -0.25) is 0 Å². The standard InChI is InChI=1S/C6H9OS/c1-4-6(2,3)5-8-7/h1H,5H2,2-3H3/q+1. The summed E-state index contributed by atoms with van der Waals surface area (Å²) in [5.41, 5.74) is -0.230. The van der Waals surface area contributed by atoms with Gasteiger partial charge in [-0.25, -0.2) is 0 Å². The van der Waals surface area contributed by atoms with E-state index < -0.39 is 0 Å². The van der Waals surface area contributed by atoms with E-state index in [1.54, 1.807) is 0 Å². The normalized spacial score (nSPS) is 10.1. The third kappa shape index (κ3) is 2.70. The molecule has 0 radical (unpaired) electrons. The zero-order valence-corrected chi connectivity index (χ0v) is 5.92. The fourth-order valence-corrected chi connectivity index (χ4v) is 0.567. The molecule has 0 unspecified atom stereocenters. The maximum Gasteiger partial charge on any atom is 0.460 e. The second-order valence-corrected chi connectivity index (χ2v) is 2.81. The molecule has 0 fully saturated rings. The topological polar surface area (TPSA) is 17.1 Å². The van der Waals surface area contributed by atoms with E-state index in [-0.39, 0.29) is 5.41 Å². The minimum absolute atomic E-state index is 0.230. The van der Waals surface area contributed by atoms with Crippen molar-refractivity contribution in [2.75, 3.05) is 5.75 Å². The van der Waals surface area contributed by atoms with Crippen LogP contribution in [0.2, 0.25) is 0 Å². The smallest absolute Gasteiger partial charge is 0.119 e. The van der Waals surface area contributed by atoms with Gasteiger partial charge in [0.15, 0.2) is 0 Å². The van der Waals surface area contributed by atoms with Gasteiger partial charge in [-0.2, -0.15) is 0 Å². The summed E-state index contributed by atoms with van der Waals surface area (Å²) < 4.78 is 9.93. The summed E-state index contributed by atoms with van der Waals surface area (Å²) in [4.78, 5) is 0. The highest BCUT2D eigenvalue weighted by molar-refractivity contribution is 7.65. The van der Waals surface area contributed by atoms with E-state index in [0.717, 1.165) is 0 Å². The van der Waals surface area contributed by atoms with Gasteiger partial charge in [-0.15, -0.1) is 6.42 Å². The predicted octanol–water partition coefficient (Wildman–Crippen LogP) is 1.07. The van der Waals surface area contributed by atoms with Gasteiger partial charge in [0.1, 0.15) is 0 Å². The average Bonchev–Trinajstić information content (AvgIpc) is 1.67. The lowest BCUT2D eigenvalue weighted by Gasteiger charge is -2.03. The molecule has 0 atom stereocenters. The molecule has 0 saturated heterocycles. The minimum Gasteiger partial charge on any atom is -0.119 e. The van der Waals surface area contributed by atoms with Crippen LogP contribution < -0.4 is 0 Å². The molecule has 0 bridgehead atoms. The van der Waals surface area contributed by atoms with Gasteiger partial charge in [0.05, 0.1) is 5.41 Å². The van der Waals surface area contributed by atoms with Gasteiger partial charge >= 0.3 is 11.7 Å². The molecule has 0 aromatic rings. The van der Waals surface area contributed by atoms with Crippen LogP contribution in [0.1, 0.15) is 13.8 Å². The summed E-state index contributed by atoms with van der Waals surface area (Å²) in [7, 11) is 0. The van der Waals surface area contributed by atoms with Crippen LogP contribution in [0, 0.1) is 17.8 Å². The Morgan fingerprint density at radius 2 is 2.25 bits per heavy atom. The van der Waals surface area contributed by atoms with Crippen molar-refractivity contribution in [2.45, 2.75) is 13.8 Å². The van der Waals surface area contributed by atoms with Crippen molar-refractivity contribution < 1.29 is 4.21 Å². The van der Waals surface area contributed by atoms with Crippen LogP contribution in [0.15, 0.2) is 0 Å². The molecule has 0 rings (SSSR count). The molecule has 1 nitrogen and oxygen atoms in total. The lowest BCUT2D eigenvalue weighted by molar-refractivity contribution is 0.558. The molecule has 0 N–H and O–H groups in total. The second-order valence-electron chi connectivity index (χ2n) is 2.29. The highest BCUT2D eigenvalue weighted by atomic mass is 32.1. The van der Waals surface area contributed by atoms with Crippen LogP contribution in [0.25, 0.3) is 0 Å². The number of hydrogen-bond acceptors (Lipinski definition) is 1. The SMILES string of the molecule is C#CC(C)(C)C[S+]=O. The Morgan fingerprint density at radius 3 is 2.38 bits per heavy atom. The molecule has 0 aromatic heterocycles. The third-order valence-corrected chi connectivity index (χ3v) is 1.65. The molecule has 0 spiro atoms. The van der Waals surface area contributed by atoms with E-state index in [1.165, 1.54) is 0 Å². The first kappa shape index (κ1) is 7.58. The van der Waals surface area contributed by atoms with Gasteiger partial charge in [-0.1, -0.05) is 5.92 Å².